The topological polar surface area (TPSA) is 158 Å². The Balaban J connectivity index is 1.15. The second-order valence-electron chi connectivity index (χ2n) is 15.3. The lowest BCUT2D eigenvalue weighted by atomic mass is 9.50. The van der Waals surface area contributed by atoms with Crippen LogP contribution in [0, 0.1) is 29.1 Å². The molecule has 12 heteroatoms. The van der Waals surface area contributed by atoms with E-state index in [2.05, 4.69) is 15.6 Å². The van der Waals surface area contributed by atoms with Crippen molar-refractivity contribution < 1.29 is 33.8 Å². The van der Waals surface area contributed by atoms with Crippen LogP contribution >= 0.6 is 0 Å². The summed E-state index contributed by atoms with van der Waals surface area (Å²) in [6.45, 7) is 5.32. The number of carboxylic acids is 1. The highest BCUT2D eigenvalue weighted by atomic mass is 16.5. The van der Waals surface area contributed by atoms with Gasteiger partial charge in [0.2, 0.25) is 5.91 Å². The number of carbonyl (C=O) groups excluding carboxylic acids is 4. The zero-order valence-corrected chi connectivity index (χ0v) is 28.5. The Labute approximate surface area is 287 Å². The Bertz CT molecular complexity index is 1530. The third-order valence-corrected chi connectivity index (χ3v) is 11.1. The molecule has 5 amide bonds. The van der Waals surface area contributed by atoms with Gasteiger partial charge in [-0.05, 0) is 98.8 Å². The number of hydrogen-bond acceptors (Lipinski definition) is 7. The Morgan fingerprint density at radius 3 is 2.16 bits per heavy atom. The Kier molecular flexibility index (Phi) is 9.68. The van der Waals surface area contributed by atoms with Crippen LogP contribution < -0.4 is 10.6 Å². The van der Waals surface area contributed by atoms with Gasteiger partial charge in [0.25, 0.3) is 5.91 Å². The van der Waals surface area contributed by atoms with E-state index >= 15 is 0 Å². The molecule has 262 valence electrons. The monoisotopic (exact) mass is 673 g/mol. The second kappa shape index (κ2) is 13.8. The van der Waals surface area contributed by atoms with Crippen LogP contribution in [0.1, 0.15) is 76.8 Å². The van der Waals surface area contributed by atoms with Gasteiger partial charge in [0.05, 0.1) is 6.61 Å². The summed E-state index contributed by atoms with van der Waals surface area (Å²) in [4.78, 5) is 74.0. The number of nitrogens with one attached hydrogen (secondary N) is 2. The van der Waals surface area contributed by atoms with Crippen LogP contribution in [0.25, 0.3) is 0 Å². The van der Waals surface area contributed by atoms with E-state index in [0.717, 1.165) is 29.7 Å². The predicted molar refractivity (Wildman–Crippen MR) is 179 cm³/mol. The number of imide groups is 1. The molecule has 5 aliphatic rings. The molecular weight excluding hydrogens is 626 g/mol. The summed E-state index contributed by atoms with van der Waals surface area (Å²) in [6.07, 6.45) is 9.29. The minimum atomic E-state index is -1.48. The first-order valence-electron chi connectivity index (χ1n) is 17.4. The van der Waals surface area contributed by atoms with Crippen LogP contribution in [0.2, 0.25) is 0 Å². The van der Waals surface area contributed by atoms with Crippen LogP contribution in [-0.2, 0) is 31.2 Å². The predicted octanol–water partition coefficient (Wildman–Crippen LogP) is 4.69. The van der Waals surface area contributed by atoms with Gasteiger partial charge < -0.3 is 25.4 Å². The van der Waals surface area contributed by atoms with Gasteiger partial charge >= 0.3 is 18.1 Å². The van der Waals surface area contributed by atoms with Crippen molar-refractivity contribution in [2.24, 2.45) is 29.1 Å². The highest BCUT2D eigenvalue weighted by Gasteiger charge is 2.58. The molecule has 1 aromatic heterocycles. The van der Waals surface area contributed by atoms with Gasteiger partial charge in [0.1, 0.15) is 17.6 Å². The first-order valence-corrected chi connectivity index (χ1v) is 17.4. The van der Waals surface area contributed by atoms with Gasteiger partial charge in [0.15, 0.2) is 0 Å². The van der Waals surface area contributed by atoms with Crippen molar-refractivity contribution in [2.45, 2.75) is 89.9 Å². The molecule has 4 aliphatic carbocycles. The van der Waals surface area contributed by atoms with Gasteiger partial charge in [-0.2, -0.15) is 0 Å². The van der Waals surface area contributed by atoms with Gasteiger partial charge in [-0.25, -0.2) is 19.3 Å². The number of amides is 5. The molecule has 4 bridgehead atoms. The number of carboxylic acid groups (broad SMARTS) is 1. The molecule has 2 aromatic rings. The fourth-order valence-electron chi connectivity index (χ4n) is 9.15. The number of ether oxygens (including phenoxy) is 1. The third-order valence-electron chi connectivity index (χ3n) is 11.1. The smallest absolute Gasteiger partial charge is 0.407 e. The molecule has 4 saturated carbocycles. The molecule has 0 radical (unpaired) electrons. The number of aromatic nitrogens is 1. The van der Waals surface area contributed by atoms with Crippen molar-refractivity contribution in [1.82, 2.24) is 25.4 Å². The average Bonchev–Trinajstić information content (AvgIpc) is 3.25. The van der Waals surface area contributed by atoms with Crippen molar-refractivity contribution in [2.75, 3.05) is 13.2 Å². The van der Waals surface area contributed by atoms with E-state index in [1.807, 2.05) is 44.2 Å². The summed E-state index contributed by atoms with van der Waals surface area (Å²) in [5.41, 5.74) is -0.111. The summed E-state index contributed by atoms with van der Waals surface area (Å²) < 4.78 is 5.62. The van der Waals surface area contributed by atoms with E-state index in [1.54, 1.807) is 31.5 Å². The normalized spacial score (nSPS) is 28.4. The first kappa shape index (κ1) is 34.4. The molecule has 3 N–H and O–H groups in total. The maximum Gasteiger partial charge on any atom is 0.407 e. The van der Waals surface area contributed by atoms with Gasteiger partial charge in [-0.3, -0.25) is 14.6 Å². The average molecular weight is 674 g/mol. The largest absolute Gasteiger partial charge is 0.480 e. The lowest BCUT2D eigenvalue weighted by Gasteiger charge is -2.56. The van der Waals surface area contributed by atoms with E-state index in [0.29, 0.717) is 23.3 Å². The molecule has 5 fully saturated rings. The molecule has 0 unspecified atom stereocenters. The molecule has 12 nitrogen and oxygen atoms in total. The lowest BCUT2D eigenvalue weighted by molar-refractivity contribution is -0.141. The molecule has 2 heterocycles. The highest BCUT2D eigenvalue weighted by Crippen LogP contribution is 2.60. The third kappa shape index (κ3) is 7.00. The number of pyridine rings is 1. The number of rotatable bonds is 13. The molecule has 49 heavy (non-hydrogen) atoms. The Morgan fingerprint density at radius 1 is 0.980 bits per heavy atom. The second-order valence-corrected chi connectivity index (χ2v) is 15.3. The van der Waals surface area contributed by atoms with E-state index < -0.39 is 54.1 Å². The standard InChI is InChI=1S/C37H47N5O7/c1-23(2)13-30(42-33(46)36(3,28-9-11-38-12-10-28)41(35(42)48)21-24-7-5-4-6-8-24)31(43)39-20-29(32(44)45)40-34(47)49-22-37-17-25-14-26(18-37)16-27(15-25)19-37/h4-12,23,25-27,29-30H,13-22H2,1-3H3,(H,39,43)(H,40,47)(H,44,45)/t25?,26?,27?,29-,30+,36+,37?/m0/s1. The number of hydrogen-bond donors (Lipinski definition) is 3. The zero-order chi connectivity index (χ0) is 34.9. The Hall–Kier alpha value is -4.48. The Morgan fingerprint density at radius 2 is 1.59 bits per heavy atom. The van der Waals surface area contributed by atoms with Gasteiger partial charge in [0, 0.05) is 30.9 Å². The summed E-state index contributed by atoms with van der Waals surface area (Å²) in [5, 5.41) is 14.9. The van der Waals surface area contributed by atoms with Crippen molar-refractivity contribution in [3.8, 4) is 0 Å². The molecule has 0 spiro atoms. The number of aliphatic carboxylic acids is 1. The summed E-state index contributed by atoms with van der Waals surface area (Å²) in [6, 6.07) is 9.30. The minimum Gasteiger partial charge on any atom is -0.480 e. The number of benzene rings is 1. The SMILES string of the molecule is CC(C)C[C@H](C(=O)NC[C@H](NC(=O)OCC12CC3CC(CC(C3)C1)C2)C(=O)O)N1C(=O)N(Cc2ccccc2)[C@](C)(c2ccncc2)C1=O. The molecule has 1 aromatic carbocycles. The van der Waals surface area contributed by atoms with Crippen molar-refractivity contribution in [3.05, 3.63) is 66.0 Å². The molecule has 7 rings (SSSR count). The van der Waals surface area contributed by atoms with Crippen LogP contribution in [0.5, 0.6) is 0 Å². The van der Waals surface area contributed by atoms with Crippen LogP contribution in [0.4, 0.5) is 9.59 Å². The zero-order valence-electron chi connectivity index (χ0n) is 28.5. The van der Waals surface area contributed by atoms with E-state index in [9.17, 15) is 29.1 Å². The summed E-state index contributed by atoms with van der Waals surface area (Å²) in [5.74, 6) is -0.659. The van der Waals surface area contributed by atoms with Crippen LogP contribution in [0.15, 0.2) is 54.9 Å². The van der Waals surface area contributed by atoms with E-state index in [4.69, 9.17) is 4.74 Å². The maximum absolute atomic E-state index is 14.4. The van der Waals surface area contributed by atoms with E-state index in [1.165, 1.54) is 24.2 Å². The maximum atomic E-state index is 14.4. The van der Waals surface area contributed by atoms with Crippen molar-refractivity contribution in [1.29, 1.82) is 0 Å². The van der Waals surface area contributed by atoms with Crippen LogP contribution in [0.3, 0.4) is 0 Å². The van der Waals surface area contributed by atoms with Gasteiger partial charge in [-0.1, -0.05) is 44.2 Å². The first-order chi connectivity index (χ1) is 23.4. The number of urea groups is 1. The minimum absolute atomic E-state index is 0.0307. The molecule has 1 saturated heterocycles. The van der Waals surface area contributed by atoms with Crippen LogP contribution in [-0.4, -0.2) is 75.0 Å². The molecule has 1 aliphatic heterocycles. The van der Waals surface area contributed by atoms with Crippen molar-refractivity contribution >= 4 is 29.9 Å². The number of nitrogens with zero attached hydrogens (tertiary/aromatic N) is 3. The fraction of sp³-hybridized carbons (Fsp3) is 0.568. The highest BCUT2D eigenvalue weighted by molar-refractivity contribution is 6.10. The fourth-order valence-corrected chi connectivity index (χ4v) is 9.15. The summed E-state index contributed by atoms with van der Waals surface area (Å²) >= 11 is 0. The van der Waals surface area contributed by atoms with Gasteiger partial charge in [-0.15, -0.1) is 0 Å². The molecular formula is C37H47N5O7. The quantitative estimate of drug-likeness (QED) is 0.259. The lowest BCUT2D eigenvalue weighted by Crippen LogP contribution is -2.55. The van der Waals surface area contributed by atoms with E-state index in [-0.39, 0.29) is 30.9 Å². The number of carbonyl (C=O) groups is 5. The number of alkyl carbamates (subject to hydrolysis) is 1. The van der Waals surface area contributed by atoms with Crippen molar-refractivity contribution in [3.63, 3.8) is 0 Å². The summed E-state index contributed by atoms with van der Waals surface area (Å²) in [7, 11) is 0. The molecule has 3 atom stereocenters.